The Morgan fingerprint density at radius 2 is 2.18 bits per heavy atom. The van der Waals surface area contributed by atoms with Gasteiger partial charge in [-0.25, -0.2) is 9.37 Å². The highest BCUT2D eigenvalue weighted by Crippen LogP contribution is 2.42. The lowest BCUT2D eigenvalue weighted by Gasteiger charge is -2.19. The fourth-order valence-electron chi connectivity index (χ4n) is 2.94. The number of anilines is 2. The molecule has 0 fully saturated rings. The summed E-state index contributed by atoms with van der Waals surface area (Å²) in [6, 6.07) is 8.90. The van der Waals surface area contributed by atoms with Crippen LogP contribution in [0.15, 0.2) is 24.3 Å². The molecule has 1 heterocycles. The molecule has 0 saturated carbocycles. The van der Waals surface area contributed by atoms with Gasteiger partial charge in [0.2, 0.25) is 0 Å². The van der Waals surface area contributed by atoms with E-state index < -0.39 is 5.82 Å². The van der Waals surface area contributed by atoms with Gasteiger partial charge in [-0.1, -0.05) is 37.6 Å². The summed E-state index contributed by atoms with van der Waals surface area (Å²) in [5, 5.41) is 11.9. The number of hydrogen-bond acceptors (Lipinski definition) is 3. The summed E-state index contributed by atoms with van der Waals surface area (Å²) in [5.74, 6) is -0.544. The molecule has 1 aliphatic carbocycles. The summed E-state index contributed by atoms with van der Waals surface area (Å²) >= 11 is 5.89. The molecule has 1 aromatic heterocycles. The predicted octanol–water partition coefficient (Wildman–Crippen LogP) is 4.71. The van der Waals surface area contributed by atoms with E-state index in [9.17, 15) is 4.39 Å². The zero-order chi connectivity index (χ0) is 15.9. The molecule has 112 valence electrons. The Bertz CT molecular complexity index is 793. The largest absolute Gasteiger partial charge is 0.337 e. The van der Waals surface area contributed by atoms with Gasteiger partial charge in [0.1, 0.15) is 11.2 Å². The standard InChI is InChI=1S/C17H15ClFN3/c1-17(2)7-6-11-12(17)4-3-5-14(11)21-16-13(19)8-10(9-20)15(18)22-16/h3-5,8H,6-7H2,1-2H3,(H,21,22). The van der Waals surface area contributed by atoms with Crippen molar-refractivity contribution in [2.24, 2.45) is 0 Å². The van der Waals surface area contributed by atoms with Crippen LogP contribution >= 0.6 is 11.6 Å². The average Bonchev–Trinajstić information content (AvgIpc) is 2.79. The number of fused-ring (bicyclic) bond motifs is 1. The molecule has 3 nitrogen and oxygen atoms in total. The minimum Gasteiger partial charge on any atom is -0.337 e. The van der Waals surface area contributed by atoms with E-state index in [2.05, 4.69) is 30.2 Å². The second-order valence-corrected chi connectivity index (χ2v) is 6.47. The molecule has 1 N–H and O–H groups in total. The summed E-state index contributed by atoms with van der Waals surface area (Å²) in [6.07, 6.45) is 2.00. The minimum absolute atomic E-state index is 0.000642. The van der Waals surface area contributed by atoms with E-state index in [0.29, 0.717) is 0 Å². The lowest BCUT2D eigenvalue weighted by molar-refractivity contribution is 0.522. The van der Waals surface area contributed by atoms with Gasteiger partial charge in [-0.2, -0.15) is 5.26 Å². The fourth-order valence-corrected chi connectivity index (χ4v) is 3.12. The molecule has 1 aliphatic rings. The Labute approximate surface area is 133 Å². The lowest BCUT2D eigenvalue weighted by Crippen LogP contribution is -2.11. The van der Waals surface area contributed by atoms with E-state index in [4.69, 9.17) is 16.9 Å². The molecule has 0 unspecified atom stereocenters. The number of pyridine rings is 1. The number of nitriles is 1. The first-order valence-corrected chi connectivity index (χ1v) is 7.46. The number of aromatic nitrogens is 1. The Morgan fingerprint density at radius 3 is 2.91 bits per heavy atom. The summed E-state index contributed by atoms with van der Waals surface area (Å²) in [6.45, 7) is 4.42. The second-order valence-electron chi connectivity index (χ2n) is 6.11. The van der Waals surface area contributed by atoms with Gasteiger partial charge in [0.15, 0.2) is 11.6 Å². The first kappa shape index (κ1) is 14.8. The number of hydrogen-bond donors (Lipinski definition) is 1. The third-order valence-corrected chi connectivity index (χ3v) is 4.50. The maximum Gasteiger partial charge on any atom is 0.168 e. The van der Waals surface area contributed by atoms with Gasteiger partial charge in [0.05, 0.1) is 5.56 Å². The lowest BCUT2D eigenvalue weighted by atomic mass is 9.86. The topological polar surface area (TPSA) is 48.7 Å². The molecule has 1 aromatic carbocycles. The molecule has 2 aromatic rings. The Kier molecular flexibility index (Phi) is 3.54. The normalized spacial score (nSPS) is 15.2. The van der Waals surface area contributed by atoms with Crippen LogP contribution in [-0.2, 0) is 11.8 Å². The van der Waals surface area contributed by atoms with Crippen LogP contribution in [0.1, 0.15) is 37.0 Å². The second kappa shape index (κ2) is 5.26. The van der Waals surface area contributed by atoms with Crippen molar-refractivity contribution in [1.82, 2.24) is 4.98 Å². The van der Waals surface area contributed by atoms with Crippen LogP contribution in [0, 0.1) is 17.1 Å². The maximum atomic E-state index is 14.1. The highest BCUT2D eigenvalue weighted by molar-refractivity contribution is 6.30. The van der Waals surface area contributed by atoms with Crippen molar-refractivity contribution in [2.45, 2.75) is 32.1 Å². The van der Waals surface area contributed by atoms with E-state index in [0.717, 1.165) is 24.6 Å². The zero-order valence-corrected chi connectivity index (χ0v) is 13.1. The van der Waals surface area contributed by atoms with Gasteiger partial charge in [-0.05, 0) is 41.5 Å². The molecule has 0 atom stereocenters. The van der Waals surface area contributed by atoms with E-state index in [1.54, 1.807) is 0 Å². The predicted molar refractivity (Wildman–Crippen MR) is 85.0 cm³/mol. The highest BCUT2D eigenvalue weighted by Gasteiger charge is 2.31. The molecule has 3 rings (SSSR count). The first-order chi connectivity index (χ1) is 10.4. The van der Waals surface area contributed by atoms with Gasteiger partial charge < -0.3 is 5.32 Å². The fraction of sp³-hybridized carbons (Fsp3) is 0.294. The summed E-state index contributed by atoms with van der Waals surface area (Å²) in [4.78, 5) is 3.96. The van der Waals surface area contributed by atoms with Crippen molar-refractivity contribution in [3.05, 3.63) is 51.9 Å². The van der Waals surface area contributed by atoms with Gasteiger partial charge in [0.25, 0.3) is 0 Å². The van der Waals surface area contributed by atoms with Crippen LogP contribution in [0.3, 0.4) is 0 Å². The smallest absolute Gasteiger partial charge is 0.168 e. The summed E-state index contributed by atoms with van der Waals surface area (Å²) in [7, 11) is 0. The molecule has 0 spiro atoms. The molecule has 0 aliphatic heterocycles. The average molecular weight is 316 g/mol. The van der Waals surface area contributed by atoms with Crippen LogP contribution in [0.4, 0.5) is 15.9 Å². The highest BCUT2D eigenvalue weighted by atomic mass is 35.5. The zero-order valence-electron chi connectivity index (χ0n) is 12.4. The molecule has 0 saturated heterocycles. The van der Waals surface area contributed by atoms with Gasteiger partial charge in [0, 0.05) is 5.69 Å². The van der Waals surface area contributed by atoms with Crippen molar-refractivity contribution in [1.29, 1.82) is 5.26 Å². The molecular weight excluding hydrogens is 301 g/mol. The maximum absolute atomic E-state index is 14.1. The van der Waals surface area contributed by atoms with Crippen LogP contribution in [0.2, 0.25) is 5.15 Å². The van der Waals surface area contributed by atoms with E-state index in [1.165, 1.54) is 11.1 Å². The van der Waals surface area contributed by atoms with Gasteiger partial charge in [-0.3, -0.25) is 0 Å². The monoisotopic (exact) mass is 315 g/mol. The number of benzene rings is 1. The van der Waals surface area contributed by atoms with E-state index in [-0.39, 0.29) is 21.9 Å². The molecular formula is C17H15ClFN3. The summed E-state index contributed by atoms with van der Waals surface area (Å²) < 4.78 is 14.1. The Morgan fingerprint density at radius 1 is 1.41 bits per heavy atom. The van der Waals surface area contributed by atoms with Crippen molar-refractivity contribution in [3.8, 4) is 6.07 Å². The van der Waals surface area contributed by atoms with Crippen molar-refractivity contribution >= 4 is 23.1 Å². The summed E-state index contributed by atoms with van der Waals surface area (Å²) in [5.41, 5.74) is 3.47. The van der Waals surface area contributed by atoms with Crippen LogP contribution in [-0.4, -0.2) is 4.98 Å². The molecule has 0 radical (unpaired) electrons. The number of nitrogens with zero attached hydrogens (tertiary/aromatic N) is 2. The molecule has 22 heavy (non-hydrogen) atoms. The SMILES string of the molecule is CC1(C)CCc2c(Nc3nc(Cl)c(C#N)cc3F)cccc21. The van der Waals surface area contributed by atoms with Gasteiger partial charge in [-0.15, -0.1) is 0 Å². The van der Waals surface area contributed by atoms with E-state index >= 15 is 0 Å². The molecule has 0 bridgehead atoms. The first-order valence-electron chi connectivity index (χ1n) is 7.08. The molecule has 5 heteroatoms. The number of rotatable bonds is 2. The minimum atomic E-state index is -0.587. The Hall–Kier alpha value is -2.12. The van der Waals surface area contributed by atoms with Crippen molar-refractivity contribution in [2.75, 3.05) is 5.32 Å². The number of nitrogens with one attached hydrogen (secondary N) is 1. The molecule has 0 amide bonds. The quantitative estimate of drug-likeness (QED) is 0.816. The van der Waals surface area contributed by atoms with Crippen LogP contribution < -0.4 is 5.32 Å². The van der Waals surface area contributed by atoms with Crippen molar-refractivity contribution in [3.63, 3.8) is 0 Å². The van der Waals surface area contributed by atoms with Gasteiger partial charge >= 0.3 is 0 Å². The Balaban J connectivity index is 2.01. The third-order valence-electron chi connectivity index (χ3n) is 4.21. The third kappa shape index (κ3) is 2.42. The van der Waals surface area contributed by atoms with Crippen molar-refractivity contribution < 1.29 is 4.39 Å². The van der Waals surface area contributed by atoms with E-state index in [1.807, 2.05) is 18.2 Å². The number of halogens is 2. The van der Waals surface area contributed by atoms with Crippen LogP contribution in [0.5, 0.6) is 0 Å². The van der Waals surface area contributed by atoms with Crippen LogP contribution in [0.25, 0.3) is 0 Å².